The Balaban J connectivity index is 2.09. The average molecular weight is 327 g/mol. The van der Waals surface area contributed by atoms with E-state index in [-0.39, 0.29) is 6.61 Å². The van der Waals surface area contributed by atoms with Crippen molar-refractivity contribution in [2.45, 2.75) is 20.5 Å². The summed E-state index contributed by atoms with van der Waals surface area (Å²) in [5.74, 6) is 3.30. The molecule has 3 heteroatoms. The molecule has 2 aromatic heterocycles. The predicted molar refractivity (Wildman–Crippen MR) is 100 cm³/mol. The summed E-state index contributed by atoms with van der Waals surface area (Å²) in [7, 11) is 0. The van der Waals surface area contributed by atoms with E-state index in [1.54, 1.807) is 0 Å². The summed E-state index contributed by atoms with van der Waals surface area (Å²) in [6.07, 6.45) is 5.75. The summed E-state index contributed by atoms with van der Waals surface area (Å²) < 4.78 is 6.01. The molecular formula is C22H17NO2. The van der Waals surface area contributed by atoms with Crippen molar-refractivity contribution in [1.29, 1.82) is 0 Å². The highest BCUT2D eigenvalue weighted by Crippen LogP contribution is 2.35. The molecule has 0 aliphatic heterocycles. The van der Waals surface area contributed by atoms with Gasteiger partial charge in [-0.3, -0.25) is 0 Å². The van der Waals surface area contributed by atoms with Gasteiger partial charge in [-0.1, -0.05) is 30.2 Å². The van der Waals surface area contributed by atoms with Gasteiger partial charge in [-0.25, -0.2) is 4.98 Å². The number of terminal acetylenes is 1. The Morgan fingerprint density at radius 2 is 1.88 bits per heavy atom. The van der Waals surface area contributed by atoms with Crippen molar-refractivity contribution in [2.24, 2.45) is 0 Å². The Morgan fingerprint density at radius 1 is 1.12 bits per heavy atom. The number of fused-ring (bicyclic) bond motifs is 2. The molecule has 0 amide bonds. The van der Waals surface area contributed by atoms with Crippen LogP contribution in [0.3, 0.4) is 0 Å². The quantitative estimate of drug-likeness (QED) is 0.541. The first-order valence-corrected chi connectivity index (χ1v) is 8.13. The van der Waals surface area contributed by atoms with Crippen molar-refractivity contribution in [3.63, 3.8) is 0 Å². The highest BCUT2D eigenvalue weighted by atomic mass is 16.3. The maximum atomic E-state index is 9.89. The van der Waals surface area contributed by atoms with Crippen molar-refractivity contribution in [3.8, 4) is 23.8 Å². The van der Waals surface area contributed by atoms with Gasteiger partial charge in [0.1, 0.15) is 11.3 Å². The Hall–Kier alpha value is -3.09. The van der Waals surface area contributed by atoms with E-state index in [9.17, 15) is 5.11 Å². The van der Waals surface area contributed by atoms with Gasteiger partial charge < -0.3 is 9.52 Å². The van der Waals surface area contributed by atoms with Gasteiger partial charge >= 0.3 is 0 Å². The number of hydrogen-bond acceptors (Lipinski definition) is 3. The zero-order valence-electron chi connectivity index (χ0n) is 14.1. The molecule has 25 heavy (non-hydrogen) atoms. The minimum atomic E-state index is -0.0675. The summed E-state index contributed by atoms with van der Waals surface area (Å²) in [5.41, 5.74) is 5.90. The minimum absolute atomic E-state index is 0.0675. The van der Waals surface area contributed by atoms with Crippen LogP contribution < -0.4 is 0 Å². The lowest BCUT2D eigenvalue weighted by Crippen LogP contribution is -1.96. The molecule has 0 aliphatic carbocycles. The van der Waals surface area contributed by atoms with Crippen LogP contribution in [0.25, 0.3) is 33.3 Å². The smallest absolute Gasteiger partial charge is 0.169 e. The molecule has 1 N–H and O–H groups in total. The number of benzene rings is 2. The molecule has 4 aromatic rings. The molecular weight excluding hydrogens is 310 g/mol. The fourth-order valence-corrected chi connectivity index (χ4v) is 3.35. The summed E-state index contributed by atoms with van der Waals surface area (Å²) >= 11 is 0. The molecule has 0 saturated heterocycles. The summed E-state index contributed by atoms with van der Waals surface area (Å²) in [5, 5.41) is 11.8. The lowest BCUT2D eigenvalue weighted by Gasteiger charge is -2.11. The van der Waals surface area contributed by atoms with Gasteiger partial charge in [0, 0.05) is 10.8 Å². The first-order chi connectivity index (χ1) is 12.1. The van der Waals surface area contributed by atoms with Crippen molar-refractivity contribution >= 4 is 21.9 Å². The molecule has 122 valence electrons. The number of aryl methyl sites for hydroxylation is 2. The minimum Gasteiger partial charge on any atom is -0.453 e. The van der Waals surface area contributed by atoms with Gasteiger partial charge in [0.15, 0.2) is 5.76 Å². The number of para-hydroxylation sites is 1. The van der Waals surface area contributed by atoms with Crippen LogP contribution >= 0.6 is 0 Å². The molecule has 0 unspecified atom stereocenters. The Kier molecular flexibility index (Phi) is 3.56. The molecule has 0 bridgehead atoms. The average Bonchev–Trinajstić information content (AvgIpc) is 3.02. The monoisotopic (exact) mass is 327 g/mol. The Labute approximate surface area is 145 Å². The van der Waals surface area contributed by atoms with Gasteiger partial charge in [-0.15, -0.1) is 6.42 Å². The first kappa shape index (κ1) is 15.4. The number of rotatable bonds is 2. The van der Waals surface area contributed by atoms with Crippen LogP contribution in [0.2, 0.25) is 0 Å². The van der Waals surface area contributed by atoms with Crippen molar-refractivity contribution in [1.82, 2.24) is 4.98 Å². The van der Waals surface area contributed by atoms with Crippen molar-refractivity contribution < 1.29 is 9.52 Å². The summed E-state index contributed by atoms with van der Waals surface area (Å²) in [6, 6.07) is 13.6. The molecule has 0 atom stereocenters. The normalized spacial score (nSPS) is 11.1. The number of nitrogens with zero attached hydrogens (tertiary/aromatic N) is 1. The van der Waals surface area contributed by atoms with Gasteiger partial charge in [0.25, 0.3) is 0 Å². The molecule has 4 rings (SSSR count). The van der Waals surface area contributed by atoms with Gasteiger partial charge in [0.2, 0.25) is 0 Å². The number of furan rings is 1. The van der Waals surface area contributed by atoms with Gasteiger partial charge in [-0.05, 0) is 48.7 Å². The summed E-state index contributed by atoms with van der Waals surface area (Å²) in [4.78, 5) is 4.82. The number of aromatic nitrogens is 1. The second-order valence-electron chi connectivity index (χ2n) is 6.19. The van der Waals surface area contributed by atoms with E-state index >= 15 is 0 Å². The molecule has 0 saturated carbocycles. The summed E-state index contributed by atoms with van der Waals surface area (Å²) in [6.45, 7) is 3.97. The second-order valence-corrected chi connectivity index (χ2v) is 6.19. The third-order valence-corrected chi connectivity index (χ3v) is 4.60. The molecule has 0 spiro atoms. The second kappa shape index (κ2) is 5.77. The third-order valence-electron chi connectivity index (χ3n) is 4.60. The van der Waals surface area contributed by atoms with E-state index in [1.807, 2.05) is 56.3 Å². The number of aliphatic hydroxyl groups excluding tert-OH is 1. The molecule has 0 aliphatic rings. The Morgan fingerprint density at radius 3 is 2.64 bits per heavy atom. The van der Waals surface area contributed by atoms with Crippen LogP contribution in [-0.4, -0.2) is 10.1 Å². The highest BCUT2D eigenvalue weighted by molar-refractivity contribution is 5.94. The first-order valence-electron chi connectivity index (χ1n) is 8.13. The highest BCUT2D eigenvalue weighted by Gasteiger charge is 2.18. The number of hydrogen-bond donors (Lipinski definition) is 1. The number of aliphatic hydroxyl groups is 1. The van der Waals surface area contributed by atoms with Crippen LogP contribution in [-0.2, 0) is 6.61 Å². The fourth-order valence-electron chi connectivity index (χ4n) is 3.35. The van der Waals surface area contributed by atoms with Crippen LogP contribution in [0.15, 0.2) is 46.9 Å². The Bertz CT molecular complexity index is 1160. The third kappa shape index (κ3) is 2.31. The van der Waals surface area contributed by atoms with Crippen molar-refractivity contribution in [3.05, 3.63) is 64.7 Å². The fraction of sp³-hybridized carbons (Fsp3) is 0.136. The van der Waals surface area contributed by atoms with E-state index in [1.165, 1.54) is 0 Å². The van der Waals surface area contributed by atoms with E-state index in [4.69, 9.17) is 15.8 Å². The van der Waals surface area contributed by atoms with Gasteiger partial charge in [-0.2, -0.15) is 0 Å². The largest absolute Gasteiger partial charge is 0.453 e. The lowest BCUT2D eigenvalue weighted by molar-refractivity contribution is 0.283. The molecule has 2 heterocycles. The topological polar surface area (TPSA) is 46.3 Å². The zero-order chi connectivity index (χ0) is 17.6. The van der Waals surface area contributed by atoms with E-state index in [2.05, 4.69) is 5.92 Å². The van der Waals surface area contributed by atoms with Crippen LogP contribution in [0, 0.1) is 26.2 Å². The molecule has 0 fully saturated rings. The lowest BCUT2D eigenvalue weighted by atomic mass is 9.99. The van der Waals surface area contributed by atoms with E-state index in [0.29, 0.717) is 17.0 Å². The maximum Gasteiger partial charge on any atom is 0.169 e. The van der Waals surface area contributed by atoms with Crippen molar-refractivity contribution in [2.75, 3.05) is 0 Å². The van der Waals surface area contributed by atoms with Crippen LogP contribution in [0.1, 0.15) is 22.3 Å². The van der Waals surface area contributed by atoms with Gasteiger partial charge in [0.05, 0.1) is 17.7 Å². The predicted octanol–water partition coefficient (Wildman–Crippen LogP) is 4.74. The molecule has 0 radical (unpaired) electrons. The van der Waals surface area contributed by atoms with E-state index in [0.717, 1.165) is 38.6 Å². The number of pyridine rings is 1. The zero-order valence-corrected chi connectivity index (χ0v) is 14.1. The standard InChI is InChI=1S/C22H17NO2/c1-4-16-17-7-5-6-8-19(17)25-22(16)18-11-15(12-24)20-13(2)9-10-14(3)21(20)23-18/h1,5-11,24H,12H2,2-3H3. The molecule has 2 aromatic carbocycles. The van der Waals surface area contributed by atoms with E-state index < -0.39 is 0 Å². The SMILES string of the molecule is C#Cc1c(-c2cc(CO)c3c(C)ccc(C)c3n2)oc2ccccc12. The molecule has 3 nitrogen and oxygen atoms in total. The van der Waals surface area contributed by atoms with Crippen LogP contribution in [0.4, 0.5) is 0 Å². The maximum absolute atomic E-state index is 9.89. The van der Waals surface area contributed by atoms with Crippen LogP contribution in [0.5, 0.6) is 0 Å².